The van der Waals surface area contributed by atoms with Crippen LogP contribution in [0.4, 0.5) is 0 Å². The van der Waals surface area contributed by atoms with E-state index in [0.717, 1.165) is 0 Å². The van der Waals surface area contributed by atoms with Crippen molar-refractivity contribution in [3.05, 3.63) is 35.4 Å². The second-order valence-electron chi connectivity index (χ2n) is 4.67. The molecule has 1 heterocycles. The first-order chi connectivity index (χ1) is 6.30. The predicted octanol–water partition coefficient (Wildman–Crippen LogP) is 2.28. The van der Waals surface area contributed by atoms with Crippen LogP contribution in [-0.2, 0) is 6.42 Å². The largest absolute Gasteiger partial charge is 0.309 e. The Kier molecular flexibility index (Phi) is 1.37. The zero-order valence-corrected chi connectivity index (χ0v) is 8.01. The molecule has 13 heavy (non-hydrogen) atoms. The molecule has 0 aromatic heterocycles. The maximum Gasteiger partial charge on any atom is 0.0380 e. The van der Waals surface area contributed by atoms with Gasteiger partial charge in [0.25, 0.3) is 0 Å². The zero-order valence-electron chi connectivity index (χ0n) is 8.01. The predicted molar refractivity (Wildman–Crippen MR) is 53.6 cm³/mol. The molecule has 1 N–H and O–H groups in total. The molecule has 2 aliphatic rings. The molecule has 0 saturated carbocycles. The Bertz CT molecular complexity index is 345. The van der Waals surface area contributed by atoms with Gasteiger partial charge < -0.3 is 5.32 Å². The van der Waals surface area contributed by atoms with E-state index in [1.807, 2.05) is 0 Å². The van der Waals surface area contributed by atoms with E-state index in [-0.39, 0.29) is 0 Å². The van der Waals surface area contributed by atoms with Crippen LogP contribution in [0, 0.1) is 5.41 Å². The van der Waals surface area contributed by atoms with E-state index in [9.17, 15) is 0 Å². The molecule has 0 bridgehead atoms. The average Bonchev–Trinajstić information content (AvgIpc) is 2.58. The third-order valence-corrected chi connectivity index (χ3v) is 3.70. The van der Waals surface area contributed by atoms with Gasteiger partial charge in [-0.1, -0.05) is 31.2 Å². The Morgan fingerprint density at radius 1 is 1.38 bits per heavy atom. The van der Waals surface area contributed by atoms with Gasteiger partial charge in [0.2, 0.25) is 0 Å². The summed E-state index contributed by atoms with van der Waals surface area (Å²) < 4.78 is 0. The van der Waals surface area contributed by atoms with Gasteiger partial charge >= 0.3 is 0 Å². The van der Waals surface area contributed by atoms with E-state index in [1.54, 1.807) is 11.1 Å². The number of fused-ring (bicyclic) bond motifs is 3. The molecule has 3 rings (SSSR count). The van der Waals surface area contributed by atoms with Crippen LogP contribution in [0.5, 0.6) is 0 Å². The van der Waals surface area contributed by atoms with Crippen molar-refractivity contribution >= 4 is 0 Å². The average molecular weight is 173 g/mol. The van der Waals surface area contributed by atoms with E-state index in [2.05, 4.69) is 36.5 Å². The first-order valence-corrected chi connectivity index (χ1v) is 5.11. The van der Waals surface area contributed by atoms with Crippen LogP contribution in [-0.4, -0.2) is 6.54 Å². The highest BCUT2D eigenvalue weighted by atomic mass is 15.0. The molecule has 2 atom stereocenters. The monoisotopic (exact) mass is 173 g/mol. The second-order valence-corrected chi connectivity index (χ2v) is 4.67. The van der Waals surface area contributed by atoms with Crippen LogP contribution in [0.2, 0.25) is 0 Å². The van der Waals surface area contributed by atoms with Crippen molar-refractivity contribution in [2.75, 3.05) is 6.54 Å². The molecule has 1 aromatic rings. The summed E-state index contributed by atoms with van der Waals surface area (Å²) in [5.74, 6) is 0. The van der Waals surface area contributed by atoms with Gasteiger partial charge in [-0.05, 0) is 35.9 Å². The molecule has 1 saturated heterocycles. The summed E-state index contributed by atoms with van der Waals surface area (Å²) in [6.07, 6.45) is 2.59. The Morgan fingerprint density at radius 2 is 2.23 bits per heavy atom. The highest BCUT2D eigenvalue weighted by molar-refractivity contribution is 5.38. The smallest absolute Gasteiger partial charge is 0.0380 e. The third-order valence-electron chi connectivity index (χ3n) is 3.70. The SMILES string of the molecule is C[C@]12CCN[C@H]1c1ccccc1C2. The van der Waals surface area contributed by atoms with Crippen molar-refractivity contribution in [1.82, 2.24) is 5.32 Å². The molecule has 68 valence electrons. The van der Waals surface area contributed by atoms with E-state index in [4.69, 9.17) is 0 Å². The minimum Gasteiger partial charge on any atom is -0.309 e. The summed E-state index contributed by atoms with van der Waals surface area (Å²) in [6, 6.07) is 9.50. The minimum absolute atomic E-state index is 0.504. The van der Waals surface area contributed by atoms with Gasteiger partial charge in [-0.25, -0.2) is 0 Å². The first-order valence-electron chi connectivity index (χ1n) is 5.11. The molecule has 0 radical (unpaired) electrons. The molecular formula is C12H15N. The van der Waals surface area contributed by atoms with Crippen molar-refractivity contribution in [2.45, 2.75) is 25.8 Å². The highest BCUT2D eigenvalue weighted by Crippen LogP contribution is 2.50. The minimum atomic E-state index is 0.504. The van der Waals surface area contributed by atoms with E-state index in [0.29, 0.717) is 11.5 Å². The van der Waals surface area contributed by atoms with Gasteiger partial charge in [0.1, 0.15) is 0 Å². The third kappa shape index (κ3) is 0.910. The Balaban J connectivity index is 2.13. The van der Waals surface area contributed by atoms with Gasteiger partial charge in [0, 0.05) is 6.04 Å². The van der Waals surface area contributed by atoms with Crippen molar-refractivity contribution in [3.8, 4) is 0 Å². The van der Waals surface area contributed by atoms with Crippen LogP contribution in [0.15, 0.2) is 24.3 Å². The first kappa shape index (κ1) is 7.57. The molecule has 0 spiro atoms. The van der Waals surface area contributed by atoms with Crippen molar-refractivity contribution < 1.29 is 0 Å². The standard InChI is InChI=1S/C12H15N/c1-12-6-7-13-11(12)10-5-3-2-4-9(10)8-12/h2-5,11,13H,6-8H2,1H3/t11-,12+/m0/s1. The van der Waals surface area contributed by atoms with Gasteiger partial charge in [-0.3, -0.25) is 0 Å². The number of nitrogens with one attached hydrogen (secondary N) is 1. The van der Waals surface area contributed by atoms with Crippen LogP contribution < -0.4 is 5.32 Å². The molecule has 1 heteroatoms. The molecule has 0 amide bonds. The molecular weight excluding hydrogens is 158 g/mol. The fourth-order valence-corrected chi connectivity index (χ4v) is 2.98. The lowest BCUT2D eigenvalue weighted by molar-refractivity contribution is 0.311. The molecule has 1 nitrogen and oxygen atoms in total. The van der Waals surface area contributed by atoms with Gasteiger partial charge in [0.05, 0.1) is 0 Å². The second kappa shape index (κ2) is 2.36. The Labute approximate surface area is 79.2 Å². The summed E-state index contributed by atoms with van der Waals surface area (Å²) in [7, 11) is 0. The number of hydrogen-bond donors (Lipinski definition) is 1. The molecule has 1 aliphatic carbocycles. The molecule has 0 unspecified atom stereocenters. The maximum absolute atomic E-state index is 3.62. The van der Waals surface area contributed by atoms with Crippen LogP contribution in [0.3, 0.4) is 0 Å². The Morgan fingerprint density at radius 3 is 3.15 bits per heavy atom. The summed E-state index contributed by atoms with van der Waals surface area (Å²) in [4.78, 5) is 0. The lowest BCUT2D eigenvalue weighted by Gasteiger charge is -2.22. The lowest BCUT2D eigenvalue weighted by atomic mass is 9.83. The summed E-state index contributed by atoms with van der Waals surface area (Å²) in [5.41, 5.74) is 3.61. The fourth-order valence-electron chi connectivity index (χ4n) is 2.98. The molecule has 1 aliphatic heterocycles. The van der Waals surface area contributed by atoms with Crippen molar-refractivity contribution in [3.63, 3.8) is 0 Å². The van der Waals surface area contributed by atoms with E-state index in [1.165, 1.54) is 19.4 Å². The van der Waals surface area contributed by atoms with Crippen molar-refractivity contribution in [2.24, 2.45) is 5.41 Å². The summed E-state index contributed by atoms with van der Waals surface area (Å²) >= 11 is 0. The normalized spacial score (nSPS) is 35.9. The van der Waals surface area contributed by atoms with Gasteiger partial charge in [-0.2, -0.15) is 0 Å². The topological polar surface area (TPSA) is 12.0 Å². The quantitative estimate of drug-likeness (QED) is 0.634. The summed E-state index contributed by atoms with van der Waals surface area (Å²) in [5, 5.41) is 3.62. The van der Waals surface area contributed by atoms with Gasteiger partial charge in [-0.15, -0.1) is 0 Å². The maximum atomic E-state index is 3.62. The zero-order chi connectivity index (χ0) is 8.89. The van der Waals surface area contributed by atoms with Crippen LogP contribution in [0.25, 0.3) is 0 Å². The van der Waals surface area contributed by atoms with Gasteiger partial charge in [0.15, 0.2) is 0 Å². The number of rotatable bonds is 0. The number of benzene rings is 1. The van der Waals surface area contributed by atoms with Crippen LogP contribution in [0.1, 0.15) is 30.5 Å². The molecule has 1 fully saturated rings. The fraction of sp³-hybridized carbons (Fsp3) is 0.500. The molecule has 1 aromatic carbocycles. The van der Waals surface area contributed by atoms with Crippen LogP contribution >= 0.6 is 0 Å². The van der Waals surface area contributed by atoms with E-state index >= 15 is 0 Å². The Hall–Kier alpha value is -0.820. The lowest BCUT2D eigenvalue weighted by Crippen LogP contribution is -2.21. The number of hydrogen-bond acceptors (Lipinski definition) is 1. The summed E-state index contributed by atoms with van der Waals surface area (Å²) in [6.45, 7) is 3.60. The highest BCUT2D eigenvalue weighted by Gasteiger charge is 2.45. The van der Waals surface area contributed by atoms with Crippen molar-refractivity contribution in [1.29, 1.82) is 0 Å². The van der Waals surface area contributed by atoms with E-state index < -0.39 is 0 Å².